The highest BCUT2D eigenvalue weighted by molar-refractivity contribution is 5.89. The SMILES string of the molecule is COc1c(COC(=O)C2CC2)ccc2ccccc12. The molecule has 3 heteroatoms. The van der Waals surface area contributed by atoms with E-state index in [0.29, 0.717) is 0 Å². The molecule has 0 radical (unpaired) electrons. The first-order valence-electron chi connectivity index (χ1n) is 6.51. The van der Waals surface area contributed by atoms with Crippen molar-refractivity contribution in [3.05, 3.63) is 42.0 Å². The lowest BCUT2D eigenvalue weighted by Gasteiger charge is -2.12. The topological polar surface area (TPSA) is 35.5 Å². The van der Waals surface area contributed by atoms with Gasteiger partial charge in [-0.2, -0.15) is 0 Å². The van der Waals surface area contributed by atoms with E-state index in [2.05, 4.69) is 0 Å². The third kappa shape index (κ3) is 2.41. The maximum absolute atomic E-state index is 11.6. The maximum atomic E-state index is 11.6. The Balaban J connectivity index is 1.87. The summed E-state index contributed by atoms with van der Waals surface area (Å²) in [5.41, 5.74) is 0.912. The van der Waals surface area contributed by atoms with Crippen molar-refractivity contribution in [1.82, 2.24) is 0 Å². The number of hydrogen-bond acceptors (Lipinski definition) is 3. The molecule has 2 aromatic carbocycles. The van der Waals surface area contributed by atoms with Gasteiger partial charge in [-0.3, -0.25) is 4.79 Å². The number of benzene rings is 2. The first-order chi connectivity index (χ1) is 9.29. The summed E-state index contributed by atoms with van der Waals surface area (Å²) in [5, 5.41) is 2.17. The largest absolute Gasteiger partial charge is 0.496 e. The molecule has 1 aliphatic rings. The summed E-state index contributed by atoms with van der Waals surface area (Å²) in [6.45, 7) is 0.281. The van der Waals surface area contributed by atoms with E-state index < -0.39 is 0 Å². The smallest absolute Gasteiger partial charge is 0.309 e. The van der Waals surface area contributed by atoms with Crippen LogP contribution in [0.1, 0.15) is 18.4 Å². The lowest BCUT2D eigenvalue weighted by atomic mass is 10.1. The lowest BCUT2D eigenvalue weighted by molar-refractivity contribution is -0.146. The Morgan fingerprint density at radius 3 is 2.74 bits per heavy atom. The molecule has 0 heterocycles. The van der Waals surface area contributed by atoms with Crippen LogP contribution in [0.25, 0.3) is 10.8 Å². The Morgan fingerprint density at radius 2 is 2.00 bits per heavy atom. The fourth-order valence-corrected chi connectivity index (χ4v) is 2.23. The molecule has 0 bridgehead atoms. The molecule has 0 spiro atoms. The standard InChI is InChI=1S/C16H16O3/c1-18-15-13(10-19-16(17)12-7-8-12)9-6-11-4-2-3-5-14(11)15/h2-6,9,12H,7-8,10H2,1H3. The highest BCUT2D eigenvalue weighted by atomic mass is 16.5. The third-order valence-corrected chi connectivity index (χ3v) is 3.45. The number of methoxy groups -OCH3 is 1. The summed E-state index contributed by atoms with van der Waals surface area (Å²) in [4.78, 5) is 11.6. The second kappa shape index (κ2) is 4.92. The second-order valence-electron chi connectivity index (χ2n) is 4.86. The summed E-state index contributed by atoms with van der Waals surface area (Å²) in [5.74, 6) is 0.836. The molecule has 0 aromatic heterocycles. The van der Waals surface area contributed by atoms with E-state index >= 15 is 0 Å². The molecule has 1 saturated carbocycles. The van der Waals surface area contributed by atoms with E-state index in [1.807, 2.05) is 36.4 Å². The van der Waals surface area contributed by atoms with Crippen molar-refractivity contribution in [3.63, 3.8) is 0 Å². The zero-order valence-electron chi connectivity index (χ0n) is 10.9. The second-order valence-corrected chi connectivity index (χ2v) is 4.86. The molecule has 98 valence electrons. The van der Waals surface area contributed by atoms with Crippen LogP contribution in [-0.2, 0) is 16.1 Å². The van der Waals surface area contributed by atoms with Gasteiger partial charge in [-0.05, 0) is 18.2 Å². The van der Waals surface area contributed by atoms with E-state index in [4.69, 9.17) is 9.47 Å². The number of carbonyl (C=O) groups is 1. The van der Waals surface area contributed by atoms with Crippen LogP contribution in [0.2, 0.25) is 0 Å². The van der Waals surface area contributed by atoms with Crippen LogP contribution in [0.3, 0.4) is 0 Å². The molecular weight excluding hydrogens is 240 g/mol. The monoisotopic (exact) mass is 256 g/mol. The molecule has 0 N–H and O–H groups in total. The molecule has 3 nitrogen and oxygen atoms in total. The van der Waals surface area contributed by atoms with Crippen molar-refractivity contribution in [3.8, 4) is 5.75 Å². The van der Waals surface area contributed by atoms with Gasteiger partial charge in [-0.25, -0.2) is 0 Å². The number of esters is 1. The average Bonchev–Trinajstić information content (AvgIpc) is 3.28. The van der Waals surface area contributed by atoms with Crippen LogP contribution in [0.4, 0.5) is 0 Å². The summed E-state index contributed by atoms with van der Waals surface area (Å²) >= 11 is 0. The van der Waals surface area contributed by atoms with E-state index in [0.717, 1.165) is 34.9 Å². The van der Waals surface area contributed by atoms with Crippen molar-refractivity contribution >= 4 is 16.7 Å². The van der Waals surface area contributed by atoms with Gasteiger partial charge in [0.25, 0.3) is 0 Å². The molecule has 0 amide bonds. The summed E-state index contributed by atoms with van der Waals surface area (Å²) in [7, 11) is 1.65. The predicted molar refractivity (Wildman–Crippen MR) is 73.0 cm³/mol. The Labute approximate surface area is 112 Å². The molecule has 0 atom stereocenters. The zero-order chi connectivity index (χ0) is 13.2. The summed E-state index contributed by atoms with van der Waals surface area (Å²) < 4.78 is 10.8. The number of hydrogen-bond donors (Lipinski definition) is 0. The molecule has 3 rings (SSSR count). The van der Waals surface area contributed by atoms with Gasteiger partial charge in [-0.15, -0.1) is 0 Å². The van der Waals surface area contributed by atoms with Crippen LogP contribution >= 0.6 is 0 Å². The van der Waals surface area contributed by atoms with Gasteiger partial charge < -0.3 is 9.47 Å². The van der Waals surface area contributed by atoms with Crippen LogP contribution in [0.5, 0.6) is 5.75 Å². The third-order valence-electron chi connectivity index (χ3n) is 3.45. The zero-order valence-corrected chi connectivity index (χ0v) is 10.9. The molecule has 0 aliphatic heterocycles. The summed E-state index contributed by atoms with van der Waals surface area (Å²) in [6.07, 6.45) is 1.93. The van der Waals surface area contributed by atoms with Crippen LogP contribution in [-0.4, -0.2) is 13.1 Å². The molecule has 1 aliphatic carbocycles. The van der Waals surface area contributed by atoms with E-state index in [1.54, 1.807) is 7.11 Å². The fourth-order valence-electron chi connectivity index (χ4n) is 2.23. The van der Waals surface area contributed by atoms with Crippen molar-refractivity contribution in [2.75, 3.05) is 7.11 Å². The highest BCUT2D eigenvalue weighted by Crippen LogP contribution is 2.33. The first-order valence-corrected chi connectivity index (χ1v) is 6.51. The number of rotatable bonds is 4. The van der Waals surface area contributed by atoms with Gasteiger partial charge in [0.1, 0.15) is 12.4 Å². The summed E-state index contributed by atoms with van der Waals surface area (Å²) in [6, 6.07) is 12.0. The molecular formula is C16H16O3. The van der Waals surface area contributed by atoms with Crippen molar-refractivity contribution in [2.45, 2.75) is 19.4 Å². The first kappa shape index (κ1) is 12.0. The maximum Gasteiger partial charge on any atom is 0.309 e. The molecule has 2 aromatic rings. The van der Waals surface area contributed by atoms with Crippen molar-refractivity contribution in [1.29, 1.82) is 0 Å². The van der Waals surface area contributed by atoms with E-state index in [-0.39, 0.29) is 18.5 Å². The molecule has 1 fully saturated rings. The molecule has 19 heavy (non-hydrogen) atoms. The number of carbonyl (C=O) groups excluding carboxylic acids is 1. The Kier molecular flexibility index (Phi) is 3.11. The Bertz CT molecular complexity index is 614. The van der Waals surface area contributed by atoms with Crippen LogP contribution in [0, 0.1) is 5.92 Å². The van der Waals surface area contributed by atoms with E-state index in [1.165, 1.54) is 0 Å². The van der Waals surface area contributed by atoms with Crippen molar-refractivity contribution < 1.29 is 14.3 Å². The van der Waals surface area contributed by atoms with Gasteiger partial charge in [0.05, 0.1) is 13.0 Å². The minimum atomic E-state index is -0.0878. The average molecular weight is 256 g/mol. The highest BCUT2D eigenvalue weighted by Gasteiger charge is 2.31. The van der Waals surface area contributed by atoms with Gasteiger partial charge in [0, 0.05) is 10.9 Å². The minimum absolute atomic E-state index is 0.0878. The predicted octanol–water partition coefficient (Wildman–Crippen LogP) is 3.30. The molecule has 0 saturated heterocycles. The van der Waals surface area contributed by atoms with Gasteiger partial charge in [0.15, 0.2) is 0 Å². The lowest BCUT2D eigenvalue weighted by Crippen LogP contribution is -2.07. The fraction of sp³-hybridized carbons (Fsp3) is 0.312. The van der Waals surface area contributed by atoms with Gasteiger partial charge in [0.2, 0.25) is 0 Å². The molecule has 0 unspecified atom stereocenters. The minimum Gasteiger partial charge on any atom is -0.496 e. The van der Waals surface area contributed by atoms with Crippen LogP contribution < -0.4 is 4.74 Å². The van der Waals surface area contributed by atoms with E-state index in [9.17, 15) is 4.79 Å². The number of ether oxygens (including phenoxy) is 2. The van der Waals surface area contributed by atoms with Gasteiger partial charge >= 0.3 is 5.97 Å². The number of fused-ring (bicyclic) bond motifs is 1. The normalized spacial score (nSPS) is 14.4. The Hall–Kier alpha value is -2.03. The van der Waals surface area contributed by atoms with Crippen LogP contribution in [0.15, 0.2) is 36.4 Å². The Morgan fingerprint density at radius 1 is 1.21 bits per heavy atom. The van der Waals surface area contributed by atoms with Crippen molar-refractivity contribution in [2.24, 2.45) is 5.92 Å². The quantitative estimate of drug-likeness (QED) is 0.787. The van der Waals surface area contributed by atoms with Gasteiger partial charge in [-0.1, -0.05) is 36.4 Å².